The van der Waals surface area contributed by atoms with Gasteiger partial charge in [-0.25, -0.2) is 14.6 Å². The van der Waals surface area contributed by atoms with Gasteiger partial charge in [0.25, 0.3) is 5.91 Å². The molecule has 5 aromatic rings. The van der Waals surface area contributed by atoms with Crippen LogP contribution < -0.4 is 10.9 Å². The van der Waals surface area contributed by atoms with Crippen LogP contribution in [0.2, 0.25) is 15.1 Å². The smallest absolute Gasteiger partial charge is 0.254 e. The first-order valence-corrected chi connectivity index (χ1v) is 11.9. The number of H-pyrrole nitrogens is 2. The number of hydrogen-bond donors (Lipinski definition) is 3. The van der Waals surface area contributed by atoms with E-state index in [-0.39, 0.29) is 27.7 Å². The molecule has 0 spiro atoms. The standard InChI is InChI=1S/C24H18Cl3N7O2/c1-12-30-11-34(33-12)15-7-17(26)22(18(27)8-15)24(36)29-10-16(13-2-5-21(35)28-9-13)23-31-19-4-3-14(25)6-20(19)32-23/h2-9,11,16H,10H2,1H3,(H,28,35)(H,29,36)(H,31,32). The van der Waals surface area contributed by atoms with Crippen LogP contribution in [0.25, 0.3) is 16.7 Å². The lowest BCUT2D eigenvalue weighted by atomic mass is 10.00. The number of aryl methyl sites for hydroxylation is 1. The Hall–Kier alpha value is -3.66. The number of imidazole rings is 1. The minimum Gasteiger partial charge on any atom is -0.351 e. The zero-order valence-corrected chi connectivity index (χ0v) is 21.0. The van der Waals surface area contributed by atoms with E-state index in [1.807, 2.05) is 0 Å². The molecule has 1 amide bonds. The van der Waals surface area contributed by atoms with E-state index in [1.165, 1.54) is 17.1 Å². The molecule has 12 heteroatoms. The lowest BCUT2D eigenvalue weighted by Crippen LogP contribution is -2.30. The predicted molar refractivity (Wildman–Crippen MR) is 138 cm³/mol. The average Bonchev–Trinajstić information content (AvgIpc) is 3.45. The summed E-state index contributed by atoms with van der Waals surface area (Å²) in [5, 5.41) is 8.04. The number of nitrogens with one attached hydrogen (secondary N) is 3. The summed E-state index contributed by atoms with van der Waals surface area (Å²) in [5.41, 5.74) is 2.70. The molecule has 1 atom stereocenters. The number of amides is 1. The highest BCUT2D eigenvalue weighted by Gasteiger charge is 2.23. The van der Waals surface area contributed by atoms with Gasteiger partial charge in [-0.2, -0.15) is 5.10 Å². The quantitative estimate of drug-likeness (QED) is 0.288. The number of pyridine rings is 1. The third-order valence-corrected chi connectivity index (χ3v) is 6.43. The van der Waals surface area contributed by atoms with Gasteiger partial charge in [-0.1, -0.05) is 40.9 Å². The Labute approximate surface area is 219 Å². The zero-order chi connectivity index (χ0) is 25.4. The molecule has 0 aliphatic carbocycles. The van der Waals surface area contributed by atoms with Crippen molar-refractivity contribution in [3.05, 3.63) is 103 Å². The van der Waals surface area contributed by atoms with Crippen molar-refractivity contribution in [2.45, 2.75) is 12.8 Å². The largest absolute Gasteiger partial charge is 0.351 e. The van der Waals surface area contributed by atoms with E-state index < -0.39 is 11.8 Å². The molecule has 3 aromatic heterocycles. The van der Waals surface area contributed by atoms with Gasteiger partial charge in [0.15, 0.2) is 0 Å². The second-order valence-corrected chi connectivity index (χ2v) is 9.30. The number of carbonyl (C=O) groups excluding carboxylic acids is 1. The Bertz CT molecular complexity index is 1610. The number of aromatic nitrogens is 6. The first kappa shape index (κ1) is 24.1. The molecule has 0 saturated carbocycles. The molecule has 182 valence electrons. The van der Waals surface area contributed by atoms with Crippen molar-refractivity contribution in [1.29, 1.82) is 0 Å². The maximum absolute atomic E-state index is 13.2. The molecule has 0 aliphatic rings. The number of rotatable bonds is 6. The van der Waals surface area contributed by atoms with Crippen molar-refractivity contribution >= 4 is 51.7 Å². The normalized spacial score (nSPS) is 12.1. The van der Waals surface area contributed by atoms with Crippen molar-refractivity contribution in [2.75, 3.05) is 6.54 Å². The molecular weight excluding hydrogens is 525 g/mol. The lowest BCUT2D eigenvalue weighted by molar-refractivity contribution is 0.0952. The first-order chi connectivity index (χ1) is 17.3. The molecule has 9 nitrogen and oxygen atoms in total. The second-order valence-electron chi connectivity index (χ2n) is 8.05. The summed E-state index contributed by atoms with van der Waals surface area (Å²) >= 11 is 19.0. The van der Waals surface area contributed by atoms with Crippen LogP contribution in [-0.4, -0.2) is 42.2 Å². The third kappa shape index (κ3) is 4.86. The molecule has 1 unspecified atom stereocenters. The van der Waals surface area contributed by atoms with Crippen LogP contribution in [0.3, 0.4) is 0 Å². The summed E-state index contributed by atoms with van der Waals surface area (Å²) in [7, 11) is 0. The Morgan fingerprint density at radius 1 is 1.11 bits per heavy atom. The molecule has 2 aromatic carbocycles. The van der Waals surface area contributed by atoms with Gasteiger partial charge in [-0.15, -0.1) is 0 Å². The molecule has 36 heavy (non-hydrogen) atoms. The average molecular weight is 543 g/mol. The molecule has 0 aliphatic heterocycles. The van der Waals surface area contributed by atoms with E-state index in [1.54, 1.807) is 49.5 Å². The molecule has 0 saturated heterocycles. The van der Waals surface area contributed by atoms with Crippen LogP contribution in [0.15, 0.2) is 59.8 Å². The van der Waals surface area contributed by atoms with Crippen LogP contribution in [0, 0.1) is 6.92 Å². The minimum absolute atomic E-state index is 0.135. The topological polar surface area (TPSA) is 121 Å². The Morgan fingerprint density at radius 2 is 1.89 bits per heavy atom. The van der Waals surface area contributed by atoms with Gasteiger partial charge in [0.1, 0.15) is 18.0 Å². The molecular formula is C24H18Cl3N7O2. The summed E-state index contributed by atoms with van der Waals surface area (Å²) in [5.74, 6) is 0.311. The molecule has 5 rings (SSSR count). The van der Waals surface area contributed by atoms with Crippen molar-refractivity contribution in [3.63, 3.8) is 0 Å². The maximum atomic E-state index is 13.2. The number of fused-ring (bicyclic) bond motifs is 1. The van der Waals surface area contributed by atoms with Gasteiger partial charge in [-0.3, -0.25) is 9.59 Å². The van der Waals surface area contributed by atoms with Gasteiger partial charge < -0.3 is 15.3 Å². The fourth-order valence-electron chi connectivity index (χ4n) is 3.84. The summed E-state index contributed by atoms with van der Waals surface area (Å²) in [6.07, 6.45) is 3.13. The number of benzene rings is 2. The molecule has 0 bridgehead atoms. The Kier molecular flexibility index (Phi) is 6.53. The highest BCUT2D eigenvalue weighted by molar-refractivity contribution is 6.40. The summed E-state index contributed by atoms with van der Waals surface area (Å²) in [6, 6.07) is 11.6. The van der Waals surface area contributed by atoms with Crippen LogP contribution in [0.5, 0.6) is 0 Å². The minimum atomic E-state index is -0.458. The van der Waals surface area contributed by atoms with Crippen LogP contribution in [-0.2, 0) is 0 Å². The Balaban J connectivity index is 1.44. The second kappa shape index (κ2) is 9.77. The number of nitrogens with zero attached hydrogens (tertiary/aromatic N) is 4. The van der Waals surface area contributed by atoms with E-state index >= 15 is 0 Å². The zero-order valence-electron chi connectivity index (χ0n) is 18.7. The van der Waals surface area contributed by atoms with Crippen molar-refractivity contribution < 1.29 is 4.79 Å². The first-order valence-electron chi connectivity index (χ1n) is 10.8. The summed E-state index contributed by atoms with van der Waals surface area (Å²) in [6.45, 7) is 1.91. The summed E-state index contributed by atoms with van der Waals surface area (Å²) in [4.78, 5) is 39.4. The number of aromatic amines is 2. The number of carbonyl (C=O) groups is 1. The monoisotopic (exact) mass is 541 g/mol. The van der Waals surface area contributed by atoms with Crippen LogP contribution in [0.4, 0.5) is 0 Å². The van der Waals surface area contributed by atoms with Gasteiger partial charge in [0.05, 0.1) is 38.2 Å². The third-order valence-electron chi connectivity index (χ3n) is 5.59. The van der Waals surface area contributed by atoms with E-state index in [9.17, 15) is 9.59 Å². The van der Waals surface area contributed by atoms with Crippen molar-refractivity contribution in [1.82, 2.24) is 35.0 Å². The predicted octanol–water partition coefficient (Wildman–Crippen LogP) is 4.66. The maximum Gasteiger partial charge on any atom is 0.254 e. The fourth-order valence-corrected chi connectivity index (χ4v) is 4.66. The molecule has 0 fully saturated rings. The Morgan fingerprint density at radius 3 is 2.56 bits per heavy atom. The van der Waals surface area contributed by atoms with Gasteiger partial charge in [0, 0.05) is 23.8 Å². The number of halogens is 3. The molecule has 3 heterocycles. The van der Waals surface area contributed by atoms with E-state index in [2.05, 4.69) is 30.4 Å². The SMILES string of the molecule is Cc1ncn(-c2cc(Cl)c(C(=O)NCC(c3ccc(=O)[nH]c3)c3nc4ccc(Cl)cc4[nH]3)c(Cl)c2)n1. The highest BCUT2D eigenvalue weighted by atomic mass is 35.5. The fraction of sp³-hybridized carbons (Fsp3) is 0.125. The summed E-state index contributed by atoms with van der Waals surface area (Å²) < 4.78 is 1.52. The molecule has 0 radical (unpaired) electrons. The van der Waals surface area contributed by atoms with Gasteiger partial charge >= 0.3 is 0 Å². The van der Waals surface area contributed by atoms with E-state index in [0.29, 0.717) is 22.4 Å². The van der Waals surface area contributed by atoms with Gasteiger partial charge in [-0.05, 0) is 42.8 Å². The number of hydrogen-bond acceptors (Lipinski definition) is 5. The van der Waals surface area contributed by atoms with Crippen LogP contribution in [0.1, 0.15) is 33.5 Å². The molecule has 3 N–H and O–H groups in total. The van der Waals surface area contributed by atoms with Crippen molar-refractivity contribution in [2.24, 2.45) is 0 Å². The van der Waals surface area contributed by atoms with Crippen molar-refractivity contribution in [3.8, 4) is 5.69 Å². The van der Waals surface area contributed by atoms with E-state index in [0.717, 1.165) is 16.6 Å². The van der Waals surface area contributed by atoms with Crippen LogP contribution >= 0.6 is 34.8 Å². The van der Waals surface area contributed by atoms with E-state index in [4.69, 9.17) is 34.8 Å². The van der Waals surface area contributed by atoms with Gasteiger partial charge in [0.2, 0.25) is 5.56 Å². The highest BCUT2D eigenvalue weighted by Crippen LogP contribution is 2.29. The lowest BCUT2D eigenvalue weighted by Gasteiger charge is -2.17.